The van der Waals surface area contributed by atoms with Gasteiger partial charge in [-0.05, 0) is 26.0 Å². The Kier molecular flexibility index (Phi) is 4.92. The molecule has 21 heavy (non-hydrogen) atoms. The van der Waals surface area contributed by atoms with E-state index in [0.29, 0.717) is 0 Å². The molecular formula is C15H18N2O4. The predicted octanol–water partition coefficient (Wildman–Crippen LogP) is 1.75. The lowest BCUT2D eigenvalue weighted by Gasteiger charge is -2.21. The van der Waals surface area contributed by atoms with Gasteiger partial charge in [0.15, 0.2) is 6.04 Å². The molecule has 0 fully saturated rings. The van der Waals surface area contributed by atoms with Gasteiger partial charge in [0, 0.05) is 6.42 Å². The molecule has 0 aliphatic carbocycles. The van der Waals surface area contributed by atoms with E-state index >= 15 is 0 Å². The molecule has 1 aromatic rings. The van der Waals surface area contributed by atoms with E-state index in [1.54, 1.807) is 13.8 Å². The minimum absolute atomic E-state index is 0.187. The van der Waals surface area contributed by atoms with Crippen LogP contribution in [0.4, 0.5) is 5.69 Å². The summed E-state index contributed by atoms with van der Waals surface area (Å²) < 4.78 is 10.0. The minimum Gasteiger partial charge on any atom is -0.464 e. The van der Waals surface area contributed by atoms with Gasteiger partial charge in [0.2, 0.25) is 0 Å². The molecule has 112 valence electrons. The molecule has 0 N–H and O–H groups in total. The van der Waals surface area contributed by atoms with Crippen molar-refractivity contribution in [3.63, 3.8) is 0 Å². The number of esters is 2. The van der Waals surface area contributed by atoms with E-state index in [0.717, 1.165) is 5.69 Å². The van der Waals surface area contributed by atoms with Crippen molar-refractivity contribution in [2.75, 3.05) is 18.2 Å². The fraction of sp³-hybridized carbons (Fsp3) is 0.400. The van der Waals surface area contributed by atoms with E-state index < -0.39 is 18.0 Å². The van der Waals surface area contributed by atoms with Crippen LogP contribution in [-0.4, -0.2) is 36.9 Å². The van der Waals surface area contributed by atoms with Crippen molar-refractivity contribution in [2.45, 2.75) is 26.3 Å². The van der Waals surface area contributed by atoms with Crippen molar-refractivity contribution >= 4 is 23.3 Å². The van der Waals surface area contributed by atoms with Crippen molar-refractivity contribution in [1.29, 1.82) is 0 Å². The summed E-state index contributed by atoms with van der Waals surface area (Å²) >= 11 is 0. The molecule has 6 heteroatoms. The largest absolute Gasteiger partial charge is 0.464 e. The number of hydrogen-bond donors (Lipinski definition) is 0. The highest BCUT2D eigenvalue weighted by Gasteiger charge is 2.37. The number of para-hydroxylation sites is 1. The van der Waals surface area contributed by atoms with Gasteiger partial charge in [-0.15, -0.1) is 0 Å². The molecule has 1 aliphatic rings. The van der Waals surface area contributed by atoms with Crippen LogP contribution in [0.1, 0.15) is 20.3 Å². The van der Waals surface area contributed by atoms with Crippen molar-refractivity contribution in [2.24, 2.45) is 5.10 Å². The summed E-state index contributed by atoms with van der Waals surface area (Å²) in [7, 11) is 0. The Morgan fingerprint density at radius 2 is 1.86 bits per heavy atom. The van der Waals surface area contributed by atoms with Crippen LogP contribution < -0.4 is 5.01 Å². The number of benzene rings is 1. The summed E-state index contributed by atoms with van der Waals surface area (Å²) in [6.45, 7) is 4.03. The molecule has 0 saturated carbocycles. The summed E-state index contributed by atoms with van der Waals surface area (Å²) in [6.07, 6.45) is 0.187. The maximum atomic E-state index is 12.1. The fourth-order valence-electron chi connectivity index (χ4n) is 2.09. The minimum atomic E-state index is -0.633. The highest BCUT2D eigenvalue weighted by molar-refractivity contribution is 6.38. The zero-order valence-electron chi connectivity index (χ0n) is 12.1. The predicted molar refractivity (Wildman–Crippen MR) is 78.0 cm³/mol. The van der Waals surface area contributed by atoms with Crippen molar-refractivity contribution < 1.29 is 19.1 Å². The molecule has 2 rings (SSSR count). The molecule has 1 heterocycles. The number of hydrogen-bond acceptors (Lipinski definition) is 6. The number of ether oxygens (including phenoxy) is 2. The van der Waals surface area contributed by atoms with Crippen molar-refractivity contribution in [1.82, 2.24) is 0 Å². The smallest absolute Gasteiger partial charge is 0.354 e. The van der Waals surface area contributed by atoms with Crippen LogP contribution in [0, 0.1) is 0 Å². The van der Waals surface area contributed by atoms with Gasteiger partial charge >= 0.3 is 11.9 Å². The summed E-state index contributed by atoms with van der Waals surface area (Å²) in [4.78, 5) is 23.9. The zero-order chi connectivity index (χ0) is 15.2. The average molecular weight is 290 g/mol. The standard InChI is InChI=1S/C15H18N2O4/c1-3-20-14(18)12-10-13(15(19)21-4-2)17(16-12)11-8-6-5-7-9-11/h5-9,13H,3-4,10H2,1-2H3/t13-/m1/s1. The SMILES string of the molecule is CCOC(=O)C1=NN(c2ccccc2)[C@@H](C(=O)OCC)C1. The van der Waals surface area contributed by atoms with E-state index in [-0.39, 0.29) is 25.3 Å². The Morgan fingerprint density at radius 1 is 1.19 bits per heavy atom. The van der Waals surface area contributed by atoms with Crippen LogP contribution >= 0.6 is 0 Å². The van der Waals surface area contributed by atoms with E-state index in [4.69, 9.17) is 9.47 Å². The van der Waals surface area contributed by atoms with Crippen LogP contribution in [0.2, 0.25) is 0 Å². The number of nitrogens with zero attached hydrogens (tertiary/aromatic N) is 2. The Bertz CT molecular complexity index is 542. The third kappa shape index (κ3) is 3.39. The first-order chi connectivity index (χ1) is 10.2. The van der Waals surface area contributed by atoms with Crippen LogP contribution in [0.25, 0.3) is 0 Å². The maximum absolute atomic E-state index is 12.1. The average Bonchev–Trinajstić information content (AvgIpc) is 2.94. The second-order valence-corrected chi connectivity index (χ2v) is 4.42. The van der Waals surface area contributed by atoms with Gasteiger partial charge in [0.05, 0.1) is 18.9 Å². The van der Waals surface area contributed by atoms with Crippen LogP contribution in [-0.2, 0) is 19.1 Å². The lowest BCUT2D eigenvalue weighted by atomic mass is 10.1. The topological polar surface area (TPSA) is 68.2 Å². The third-order valence-corrected chi connectivity index (χ3v) is 3.00. The molecule has 0 aromatic heterocycles. The van der Waals surface area contributed by atoms with Crippen LogP contribution in [0.5, 0.6) is 0 Å². The molecule has 0 spiro atoms. The Labute approximate surface area is 123 Å². The van der Waals surface area contributed by atoms with Crippen LogP contribution in [0.15, 0.2) is 35.4 Å². The van der Waals surface area contributed by atoms with E-state index in [9.17, 15) is 9.59 Å². The number of hydrazone groups is 1. The molecule has 1 aromatic carbocycles. The van der Waals surface area contributed by atoms with Gasteiger partial charge in [0.25, 0.3) is 0 Å². The molecule has 0 bridgehead atoms. The van der Waals surface area contributed by atoms with E-state index in [1.807, 2.05) is 30.3 Å². The Hall–Kier alpha value is -2.37. The number of carbonyl (C=O) groups excluding carboxylic acids is 2. The first-order valence-electron chi connectivity index (χ1n) is 6.92. The summed E-state index contributed by atoms with van der Waals surface area (Å²) in [6, 6.07) is 8.57. The number of carbonyl (C=O) groups is 2. The highest BCUT2D eigenvalue weighted by atomic mass is 16.5. The molecule has 0 unspecified atom stereocenters. The normalized spacial score (nSPS) is 17.3. The summed E-state index contributed by atoms with van der Waals surface area (Å²) in [5, 5.41) is 5.75. The summed E-state index contributed by atoms with van der Waals surface area (Å²) in [5.41, 5.74) is 0.966. The quantitative estimate of drug-likeness (QED) is 0.773. The second kappa shape index (κ2) is 6.88. The fourth-order valence-corrected chi connectivity index (χ4v) is 2.09. The monoisotopic (exact) mass is 290 g/mol. The summed E-state index contributed by atoms with van der Waals surface area (Å²) in [5.74, 6) is -0.894. The van der Waals surface area contributed by atoms with Gasteiger partial charge in [-0.2, -0.15) is 5.10 Å². The van der Waals surface area contributed by atoms with Gasteiger partial charge in [0.1, 0.15) is 5.71 Å². The molecular weight excluding hydrogens is 272 g/mol. The number of rotatable bonds is 5. The first-order valence-corrected chi connectivity index (χ1v) is 6.92. The Morgan fingerprint density at radius 3 is 2.48 bits per heavy atom. The highest BCUT2D eigenvalue weighted by Crippen LogP contribution is 2.25. The second-order valence-electron chi connectivity index (χ2n) is 4.42. The van der Waals surface area contributed by atoms with Gasteiger partial charge in [-0.3, -0.25) is 5.01 Å². The van der Waals surface area contributed by atoms with E-state index in [2.05, 4.69) is 5.10 Å². The molecule has 0 amide bonds. The first kappa shape index (κ1) is 15.0. The zero-order valence-corrected chi connectivity index (χ0v) is 12.1. The van der Waals surface area contributed by atoms with Crippen molar-refractivity contribution in [3.05, 3.63) is 30.3 Å². The van der Waals surface area contributed by atoms with Gasteiger partial charge < -0.3 is 9.47 Å². The van der Waals surface area contributed by atoms with Gasteiger partial charge in [-0.25, -0.2) is 9.59 Å². The maximum Gasteiger partial charge on any atom is 0.354 e. The lowest BCUT2D eigenvalue weighted by Crippen LogP contribution is -2.36. The van der Waals surface area contributed by atoms with Crippen molar-refractivity contribution in [3.8, 4) is 0 Å². The van der Waals surface area contributed by atoms with Crippen LogP contribution in [0.3, 0.4) is 0 Å². The van der Waals surface area contributed by atoms with Gasteiger partial charge in [-0.1, -0.05) is 18.2 Å². The Balaban J connectivity index is 2.26. The molecule has 0 radical (unpaired) electrons. The molecule has 0 saturated heterocycles. The van der Waals surface area contributed by atoms with E-state index in [1.165, 1.54) is 5.01 Å². The molecule has 1 aliphatic heterocycles. The molecule has 6 nitrogen and oxygen atoms in total. The number of anilines is 1. The molecule has 1 atom stereocenters. The third-order valence-electron chi connectivity index (χ3n) is 3.00. The lowest BCUT2D eigenvalue weighted by molar-refractivity contribution is -0.144.